The van der Waals surface area contributed by atoms with Gasteiger partial charge in [-0.2, -0.15) is 0 Å². The predicted octanol–water partition coefficient (Wildman–Crippen LogP) is 2.18. The number of hydrogen-bond acceptors (Lipinski definition) is 8. The zero-order valence-corrected chi connectivity index (χ0v) is 14.4. The van der Waals surface area contributed by atoms with Crippen LogP contribution >= 0.6 is 11.3 Å². The first-order chi connectivity index (χ1) is 11.6. The summed E-state index contributed by atoms with van der Waals surface area (Å²) >= 11 is 1.70. The molecule has 0 atom stereocenters. The quantitative estimate of drug-likeness (QED) is 0.763. The molecule has 1 aliphatic heterocycles. The third kappa shape index (κ3) is 2.57. The van der Waals surface area contributed by atoms with Crippen LogP contribution in [-0.2, 0) is 4.74 Å². The largest absolute Gasteiger partial charge is 0.378 e. The molecule has 24 heavy (non-hydrogen) atoms. The number of anilines is 2. The van der Waals surface area contributed by atoms with Crippen molar-refractivity contribution in [1.82, 2.24) is 19.9 Å². The lowest BCUT2D eigenvalue weighted by Crippen LogP contribution is -2.37. The molecule has 1 aliphatic rings. The van der Waals surface area contributed by atoms with Gasteiger partial charge in [0, 0.05) is 35.9 Å². The van der Waals surface area contributed by atoms with Crippen LogP contribution < -0.4 is 10.6 Å². The normalized spacial score (nSPS) is 15.2. The molecule has 3 aromatic heterocycles. The van der Waals surface area contributed by atoms with E-state index >= 15 is 0 Å². The van der Waals surface area contributed by atoms with Crippen molar-refractivity contribution < 1.29 is 4.74 Å². The second kappa shape index (κ2) is 5.95. The van der Waals surface area contributed by atoms with Crippen LogP contribution in [-0.4, -0.2) is 46.2 Å². The lowest BCUT2D eigenvalue weighted by Gasteiger charge is -2.27. The number of nitrogen functional groups attached to an aromatic ring is 1. The Labute approximate surface area is 143 Å². The maximum Gasteiger partial charge on any atom is 0.226 e. The first kappa shape index (κ1) is 15.2. The third-order valence-electron chi connectivity index (χ3n) is 4.23. The molecule has 1 fully saturated rings. The summed E-state index contributed by atoms with van der Waals surface area (Å²) < 4.78 is 6.50. The van der Waals surface area contributed by atoms with Gasteiger partial charge in [0.15, 0.2) is 0 Å². The molecule has 0 unspecified atom stereocenters. The number of nitrogens with two attached hydrogens (primary N) is 1. The number of nitrogens with zero attached hydrogens (tertiary/aromatic N) is 5. The van der Waals surface area contributed by atoms with Crippen LogP contribution in [0.4, 0.5) is 11.9 Å². The van der Waals surface area contributed by atoms with Gasteiger partial charge in [0.25, 0.3) is 0 Å². The number of ether oxygens (including phenoxy) is 1. The van der Waals surface area contributed by atoms with Gasteiger partial charge in [0.1, 0.15) is 0 Å². The second-order valence-corrected chi connectivity index (χ2v) is 6.99. The van der Waals surface area contributed by atoms with Gasteiger partial charge in [0.05, 0.1) is 29.1 Å². The van der Waals surface area contributed by atoms with E-state index in [0.29, 0.717) is 13.2 Å². The fraction of sp³-hybridized carbons (Fsp3) is 0.375. The summed E-state index contributed by atoms with van der Waals surface area (Å²) in [4.78, 5) is 21.3. The molecule has 0 aromatic carbocycles. The van der Waals surface area contributed by atoms with Crippen molar-refractivity contribution in [3.63, 3.8) is 0 Å². The summed E-state index contributed by atoms with van der Waals surface area (Å²) in [5.41, 5.74) is 9.53. The number of aromatic nitrogens is 4. The molecule has 0 amide bonds. The van der Waals surface area contributed by atoms with Crippen LogP contribution in [0.1, 0.15) is 10.4 Å². The number of fused-ring (bicyclic) bond motifs is 1. The van der Waals surface area contributed by atoms with Gasteiger partial charge in [-0.15, -0.1) is 11.3 Å². The first-order valence-electron chi connectivity index (χ1n) is 7.82. The van der Waals surface area contributed by atoms with Crippen molar-refractivity contribution >= 4 is 33.5 Å². The monoisotopic (exact) mass is 342 g/mol. The molecule has 0 bridgehead atoms. The van der Waals surface area contributed by atoms with Crippen molar-refractivity contribution in [2.24, 2.45) is 0 Å². The Balaban J connectivity index is 1.92. The molecular weight excluding hydrogens is 324 g/mol. The number of aryl methyl sites for hydroxylation is 2. The number of morpholine rings is 1. The molecule has 2 N–H and O–H groups in total. The fourth-order valence-corrected chi connectivity index (χ4v) is 3.86. The van der Waals surface area contributed by atoms with Crippen LogP contribution in [0.3, 0.4) is 0 Å². The minimum atomic E-state index is 0.260. The van der Waals surface area contributed by atoms with Gasteiger partial charge in [-0.25, -0.2) is 19.9 Å². The second-order valence-electron chi connectivity index (χ2n) is 5.76. The lowest BCUT2D eigenvalue weighted by molar-refractivity contribution is 0.122. The van der Waals surface area contributed by atoms with E-state index in [-0.39, 0.29) is 5.95 Å². The Kier molecular flexibility index (Phi) is 3.78. The van der Waals surface area contributed by atoms with Crippen molar-refractivity contribution in [3.05, 3.63) is 22.8 Å². The molecule has 0 aliphatic carbocycles. The van der Waals surface area contributed by atoms with Crippen LogP contribution in [0.5, 0.6) is 0 Å². The molecule has 0 saturated carbocycles. The topological polar surface area (TPSA) is 90.0 Å². The number of rotatable bonds is 2. The van der Waals surface area contributed by atoms with E-state index in [0.717, 1.165) is 40.5 Å². The average molecular weight is 342 g/mol. The molecular formula is C16H18N6OS. The molecule has 4 rings (SSSR count). The molecule has 124 valence electrons. The maximum absolute atomic E-state index is 5.62. The van der Waals surface area contributed by atoms with E-state index in [2.05, 4.69) is 28.7 Å². The van der Waals surface area contributed by atoms with Gasteiger partial charge in [-0.1, -0.05) is 0 Å². The SMILES string of the molecule is Cc1sc2c(-c3cnc(N)nc3)nc(N3CCOCC3)nc2c1C. The molecule has 0 radical (unpaired) electrons. The minimum Gasteiger partial charge on any atom is -0.378 e. The standard InChI is InChI=1S/C16H18N6OS/c1-9-10(2)24-14-12(9)20-16(22-3-5-23-6-4-22)21-13(14)11-7-18-15(17)19-8-11/h7-8H,3-6H2,1-2H3,(H2,17,18,19). The Morgan fingerprint density at radius 2 is 1.83 bits per heavy atom. The molecule has 7 nitrogen and oxygen atoms in total. The van der Waals surface area contributed by atoms with Crippen molar-refractivity contribution in [3.8, 4) is 11.3 Å². The summed E-state index contributed by atoms with van der Waals surface area (Å²) in [6.45, 7) is 7.20. The van der Waals surface area contributed by atoms with Gasteiger partial charge >= 0.3 is 0 Å². The highest BCUT2D eigenvalue weighted by Crippen LogP contribution is 2.36. The van der Waals surface area contributed by atoms with Crippen LogP contribution in [0, 0.1) is 13.8 Å². The molecule has 3 aromatic rings. The predicted molar refractivity (Wildman–Crippen MR) is 95.4 cm³/mol. The highest BCUT2D eigenvalue weighted by molar-refractivity contribution is 7.19. The fourth-order valence-electron chi connectivity index (χ4n) is 2.75. The van der Waals surface area contributed by atoms with Crippen LogP contribution in [0.25, 0.3) is 21.5 Å². The van der Waals surface area contributed by atoms with Gasteiger partial charge in [-0.3, -0.25) is 0 Å². The summed E-state index contributed by atoms with van der Waals surface area (Å²) in [5, 5.41) is 0. The summed E-state index contributed by atoms with van der Waals surface area (Å²) in [7, 11) is 0. The van der Waals surface area contributed by atoms with E-state index in [1.807, 2.05) is 0 Å². The number of hydrogen-bond donors (Lipinski definition) is 1. The highest BCUT2D eigenvalue weighted by atomic mass is 32.1. The lowest BCUT2D eigenvalue weighted by atomic mass is 10.2. The van der Waals surface area contributed by atoms with E-state index in [1.165, 1.54) is 10.4 Å². The van der Waals surface area contributed by atoms with Gasteiger partial charge < -0.3 is 15.4 Å². The zero-order valence-electron chi connectivity index (χ0n) is 13.6. The smallest absolute Gasteiger partial charge is 0.226 e. The van der Waals surface area contributed by atoms with Crippen molar-refractivity contribution in [2.75, 3.05) is 36.9 Å². The van der Waals surface area contributed by atoms with Crippen LogP contribution in [0.2, 0.25) is 0 Å². The van der Waals surface area contributed by atoms with Crippen LogP contribution in [0.15, 0.2) is 12.4 Å². The highest BCUT2D eigenvalue weighted by Gasteiger charge is 2.20. The Morgan fingerprint density at radius 3 is 2.54 bits per heavy atom. The maximum atomic E-state index is 5.62. The summed E-state index contributed by atoms with van der Waals surface area (Å²) in [6, 6.07) is 0. The molecule has 4 heterocycles. The minimum absolute atomic E-state index is 0.260. The first-order valence-corrected chi connectivity index (χ1v) is 8.63. The van der Waals surface area contributed by atoms with E-state index in [9.17, 15) is 0 Å². The summed E-state index contributed by atoms with van der Waals surface area (Å²) in [5.74, 6) is 0.995. The molecule has 1 saturated heterocycles. The Hall–Kier alpha value is -2.32. The van der Waals surface area contributed by atoms with Gasteiger partial charge in [0.2, 0.25) is 11.9 Å². The number of thiophene rings is 1. The van der Waals surface area contributed by atoms with Crippen molar-refractivity contribution in [1.29, 1.82) is 0 Å². The molecule has 8 heteroatoms. The van der Waals surface area contributed by atoms with E-state index < -0.39 is 0 Å². The van der Waals surface area contributed by atoms with E-state index in [1.54, 1.807) is 23.7 Å². The summed E-state index contributed by atoms with van der Waals surface area (Å²) in [6.07, 6.45) is 3.44. The zero-order chi connectivity index (χ0) is 16.7. The van der Waals surface area contributed by atoms with Gasteiger partial charge in [-0.05, 0) is 19.4 Å². The third-order valence-corrected chi connectivity index (χ3v) is 5.43. The average Bonchev–Trinajstić information content (AvgIpc) is 2.90. The Morgan fingerprint density at radius 1 is 1.12 bits per heavy atom. The molecule has 0 spiro atoms. The van der Waals surface area contributed by atoms with E-state index in [4.69, 9.17) is 20.4 Å². The van der Waals surface area contributed by atoms with Crippen molar-refractivity contribution in [2.45, 2.75) is 13.8 Å². The Bertz CT molecular complexity index is 886.